The van der Waals surface area contributed by atoms with E-state index in [2.05, 4.69) is 16.0 Å². The van der Waals surface area contributed by atoms with Crippen LogP contribution in [0.2, 0.25) is 0 Å². The maximum Gasteiger partial charge on any atom is 0.227 e. The minimum Gasteiger partial charge on any atom is -0.439 e. The minimum atomic E-state index is 0.434. The van der Waals surface area contributed by atoms with E-state index in [1.807, 2.05) is 6.92 Å². The first-order valence-corrected chi connectivity index (χ1v) is 6.02. The number of nitriles is 1. The van der Waals surface area contributed by atoms with E-state index in [-0.39, 0.29) is 0 Å². The van der Waals surface area contributed by atoms with Crippen molar-refractivity contribution in [1.29, 1.82) is 5.26 Å². The van der Waals surface area contributed by atoms with E-state index in [9.17, 15) is 0 Å². The molecule has 2 rings (SSSR count). The number of anilines is 1. The fourth-order valence-corrected chi connectivity index (χ4v) is 1.72. The molecule has 2 N–H and O–H groups in total. The Hall–Kier alpha value is -2.61. The van der Waals surface area contributed by atoms with Gasteiger partial charge in [-0.3, -0.25) is 0 Å². The molecule has 0 aliphatic rings. The van der Waals surface area contributed by atoms with E-state index < -0.39 is 0 Å². The molecule has 5 heteroatoms. The molecule has 0 unspecified atom stereocenters. The maximum atomic E-state index is 8.86. The average molecular weight is 254 g/mol. The van der Waals surface area contributed by atoms with E-state index in [0.717, 1.165) is 18.4 Å². The summed E-state index contributed by atoms with van der Waals surface area (Å²) in [6.45, 7) is 2.05. The van der Waals surface area contributed by atoms with Crippen molar-refractivity contribution in [3.8, 4) is 17.7 Å². The molecule has 0 aliphatic carbocycles. The van der Waals surface area contributed by atoms with Gasteiger partial charge in [0.2, 0.25) is 5.88 Å². The van der Waals surface area contributed by atoms with Gasteiger partial charge in [-0.05, 0) is 24.6 Å². The van der Waals surface area contributed by atoms with Crippen molar-refractivity contribution in [3.05, 3.63) is 41.7 Å². The highest BCUT2D eigenvalue weighted by Gasteiger charge is 2.10. The molecule has 1 aromatic carbocycles. The number of benzene rings is 1. The molecule has 0 saturated heterocycles. The molecule has 2 aromatic rings. The van der Waals surface area contributed by atoms with Crippen LogP contribution >= 0.6 is 0 Å². The van der Waals surface area contributed by atoms with E-state index in [1.165, 1.54) is 6.33 Å². The molecule has 1 aromatic heterocycles. The number of nitrogen functional groups attached to an aromatic ring is 1. The molecule has 96 valence electrons. The topological polar surface area (TPSA) is 84.8 Å². The smallest absolute Gasteiger partial charge is 0.227 e. The van der Waals surface area contributed by atoms with Gasteiger partial charge < -0.3 is 10.5 Å². The predicted octanol–water partition coefficient (Wildman–Crippen LogP) is 2.68. The Kier molecular flexibility index (Phi) is 3.94. The second-order valence-corrected chi connectivity index (χ2v) is 4.03. The summed E-state index contributed by atoms with van der Waals surface area (Å²) in [5.41, 5.74) is 7.17. The Morgan fingerprint density at radius 2 is 2.21 bits per heavy atom. The Labute approximate surface area is 111 Å². The zero-order chi connectivity index (χ0) is 13.7. The second-order valence-electron chi connectivity index (χ2n) is 4.03. The molecule has 0 amide bonds. The molecule has 0 aliphatic heterocycles. The molecule has 0 radical (unpaired) electrons. The van der Waals surface area contributed by atoms with Crippen molar-refractivity contribution < 1.29 is 4.74 Å². The lowest BCUT2D eigenvalue weighted by molar-refractivity contribution is 0.454. The quantitative estimate of drug-likeness (QED) is 0.906. The summed E-state index contributed by atoms with van der Waals surface area (Å²) >= 11 is 0. The first kappa shape index (κ1) is 12.8. The van der Waals surface area contributed by atoms with Crippen molar-refractivity contribution in [1.82, 2.24) is 9.97 Å². The van der Waals surface area contributed by atoms with Crippen LogP contribution in [0, 0.1) is 11.3 Å². The Balaban J connectivity index is 2.32. The number of hydrogen-bond donors (Lipinski definition) is 1. The van der Waals surface area contributed by atoms with Crippen molar-refractivity contribution in [2.24, 2.45) is 0 Å². The van der Waals surface area contributed by atoms with Crippen molar-refractivity contribution in [2.75, 3.05) is 5.73 Å². The monoisotopic (exact) mass is 254 g/mol. The number of nitrogens with two attached hydrogens (primary N) is 1. The third-order valence-corrected chi connectivity index (χ3v) is 2.62. The van der Waals surface area contributed by atoms with Crippen molar-refractivity contribution >= 4 is 5.82 Å². The molecular formula is C14H14N4O. The van der Waals surface area contributed by atoms with Crippen LogP contribution in [0.4, 0.5) is 5.82 Å². The van der Waals surface area contributed by atoms with Gasteiger partial charge in [0.05, 0.1) is 17.2 Å². The normalized spacial score (nSPS) is 9.89. The second kappa shape index (κ2) is 5.83. The molecule has 19 heavy (non-hydrogen) atoms. The number of nitrogens with zero attached hydrogens (tertiary/aromatic N) is 3. The van der Waals surface area contributed by atoms with Gasteiger partial charge in [-0.1, -0.05) is 19.4 Å². The third-order valence-electron chi connectivity index (χ3n) is 2.62. The fraction of sp³-hybridized carbons (Fsp3) is 0.214. The Morgan fingerprint density at radius 3 is 2.95 bits per heavy atom. The largest absolute Gasteiger partial charge is 0.439 e. The maximum absolute atomic E-state index is 8.86. The highest BCUT2D eigenvalue weighted by molar-refractivity contribution is 5.47. The van der Waals surface area contributed by atoms with Gasteiger partial charge in [-0.25, -0.2) is 9.97 Å². The van der Waals surface area contributed by atoms with Gasteiger partial charge in [0.15, 0.2) is 0 Å². The lowest BCUT2D eigenvalue weighted by atomic mass is 10.2. The SMILES string of the molecule is CCCc1c(N)ncnc1Oc1cccc(C#N)c1. The van der Waals surface area contributed by atoms with Crippen LogP contribution in [-0.4, -0.2) is 9.97 Å². The van der Waals surface area contributed by atoms with Crippen LogP contribution in [0.15, 0.2) is 30.6 Å². The molecule has 0 fully saturated rings. The molecule has 0 saturated carbocycles. The third kappa shape index (κ3) is 2.99. The van der Waals surface area contributed by atoms with E-state index in [0.29, 0.717) is 23.0 Å². The van der Waals surface area contributed by atoms with Crippen LogP contribution < -0.4 is 10.5 Å². The number of ether oxygens (including phenoxy) is 1. The molecule has 0 atom stereocenters. The molecule has 1 heterocycles. The van der Waals surface area contributed by atoms with E-state index >= 15 is 0 Å². The zero-order valence-electron chi connectivity index (χ0n) is 10.6. The summed E-state index contributed by atoms with van der Waals surface area (Å²) in [5, 5.41) is 8.86. The molecular weight excluding hydrogens is 240 g/mol. The van der Waals surface area contributed by atoms with Crippen LogP contribution in [0.1, 0.15) is 24.5 Å². The number of hydrogen-bond acceptors (Lipinski definition) is 5. The lowest BCUT2D eigenvalue weighted by Gasteiger charge is -2.10. The minimum absolute atomic E-state index is 0.434. The van der Waals surface area contributed by atoms with Crippen LogP contribution in [0.3, 0.4) is 0 Å². The van der Waals surface area contributed by atoms with Gasteiger partial charge >= 0.3 is 0 Å². The van der Waals surface area contributed by atoms with Crippen LogP contribution in [-0.2, 0) is 6.42 Å². The lowest BCUT2D eigenvalue weighted by Crippen LogP contribution is -2.02. The Morgan fingerprint density at radius 1 is 1.37 bits per heavy atom. The van der Waals surface area contributed by atoms with E-state index in [1.54, 1.807) is 24.3 Å². The average Bonchev–Trinajstić information content (AvgIpc) is 2.43. The number of rotatable bonds is 4. The number of aromatic nitrogens is 2. The van der Waals surface area contributed by atoms with Gasteiger partial charge in [0.1, 0.15) is 17.9 Å². The molecule has 5 nitrogen and oxygen atoms in total. The highest BCUT2D eigenvalue weighted by Crippen LogP contribution is 2.27. The highest BCUT2D eigenvalue weighted by atomic mass is 16.5. The summed E-state index contributed by atoms with van der Waals surface area (Å²) in [5.74, 6) is 1.45. The van der Waals surface area contributed by atoms with Gasteiger partial charge in [0.25, 0.3) is 0 Å². The van der Waals surface area contributed by atoms with Gasteiger partial charge in [-0.2, -0.15) is 5.26 Å². The van der Waals surface area contributed by atoms with Crippen molar-refractivity contribution in [2.45, 2.75) is 19.8 Å². The van der Waals surface area contributed by atoms with Crippen LogP contribution in [0.5, 0.6) is 11.6 Å². The predicted molar refractivity (Wildman–Crippen MR) is 71.7 cm³/mol. The zero-order valence-corrected chi connectivity index (χ0v) is 10.6. The summed E-state index contributed by atoms with van der Waals surface area (Å²) in [6, 6.07) is 8.98. The Bertz CT molecular complexity index is 619. The molecule has 0 bridgehead atoms. The summed E-state index contributed by atoms with van der Waals surface area (Å²) in [4.78, 5) is 8.08. The van der Waals surface area contributed by atoms with Gasteiger partial charge in [0, 0.05) is 0 Å². The van der Waals surface area contributed by atoms with Gasteiger partial charge in [-0.15, -0.1) is 0 Å². The standard InChI is InChI=1S/C14H14N4O/c1-2-4-12-13(16)17-9-18-14(12)19-11-6-3-5-10(7-11)8-15/h3,5-7,9H,2,4H2,1H3,(H2,16,17,18). The summed E-state index contributed by atoms with van der Waals surface area (Å²) < 4.78 is 5.70. The fourth-order valence-electron chi connectivity index (χ4n) is 1.72. The first-order valence-electron chi connectivity index (χ1n) is 6.02. The van der Waals surface area contributed by atoms with Crippen LogP contribution in [0.25, 0.3) is 0 Å². The van der Waals surface area contributed by atoms with E-state index in [4.69, 9.17) is 15.7 Å². The van der Waals surface area contributed by atoms with Crippen molar-refractivity contribution in [3.63, 3.8) is 0 Å². The summed E-state index contributed by atoms with van der Waals surface area (Å²) in [6.07, 6.45) is 3.05. The summed E-state index contributed by atoms with van der Waals surface area (Å²) in [7, 11) is 0. The molecule has 0 spiro atoms. The first-order chi connectivity index (χ1) is 9.24.